The van der Waals surface area contributed by atoms with E-state index in [4.69, 9.17) is 85.3 Å². The average Bonchev–Trinajstić information content (AvgIpc) is 3.60. The van der Waals surface area contributed by atoms with Crippen LogP contribution in [0.1, 0.15) is 71.6 Å². The van der Waals surface area contributed by atoms with Gasteiger partial charge in [0.2, 0.25) is 0 Å². The third-order valence-electron chi connectivity index (χ3n) is 13.3. The minimum Gasteiger partial charge on any atom is -0.491 e. The summed E-state index contributed by atoms with van der Waals surface area (Å²) >= 11 is 0. The van der Waals surface area contributed by atoms with E-state index >= 15 is 0 Å². The molecule has 0 spiro atoms. The lowest BCUT2D eigenvalue weighted by atomic mass is 10.2. The molecule has 0 aromatic heterocycles. The van der Waals surface area contributed by atoms with E-state index in [1.807, 2.05) is 180 Å². The molecule has 9 saturated heterocycles. The molecule has 9 atom stereocenters. The van der Waals surface area contributed by atoms with E-state index in [2.05, 4.69) is 34.6 Å². The van der Waals surface area contributed by atoms with E-state index in [0.29, 0.717) is 114 Å². The molecule has 9 unspecified atom stereocenters. The molecule has 0 bridgehead atoms. The first-order valence-electron chi connectivity index (χ1n) is 33.1. The Balaban J connectivity index is 0.000000155. The number of rotatable bonds is 27. The highest BCUT2D eigenvalue weighted by Gasteiger charge is 2.28. The van der Waals surface area contributed by atoms with Gasteiger partial charge in [0.15, 0.2) is 0 Å². The van der Waals surface area contributed by atoms with Gasteiger partial charge in [0, 0.05) is 0 Å². The zero-order valence-corrected chi connectivity index (χ0v) is 56.4. The van der Waals surface area contributed by atoms with Crippen LogP contribution in [0.25, 0.3) is 0 Å². The van der Waals surface area contributed by atoms with Crippen LogP contribution in [0, 0.1) is 26.7 Å². The summed E-state index contributed by atoms with van der Waals surface area (Å²) in [5, 5.41) is 0. The lowest BCUT2D eigenvalue weighted by molar-refractivity contribution is 0.257. The first-order valence-corrected chi connectivity index (χ1v) is 33.1. The molecule has 9 heterocycles. The molecular formula is C75H102O18. The fraction of sp³-hybridized carbons (Fsp3) is 0.520. The number of aryl methyl sites for hydroxylation is 3. The van der Waals surface area contributed by atoms with Gasteiger partial charge in [-0.15, -0.1) is 0 Å². The maximum absolute atomic E-state index is 5.54. The Kier molecular flexibility index (Phi) is 33.0. The maximum Gasteiger partial charge on any atom is 0.122 e. The smallest absolute Gasteiger partial charge is 0.122 e. The molecule has 0 N–H and O–H groups in total. The van der Waals surface area contributed by atoms with E-state index in [1.165, 1.54) is 23.1 Å². The molecule has 18 heteroatoms. The molecule has 0 amide bonds. The second-order valence-corrected chi connectivity index (χ2v) is 23.5. The van der Waals surface area contributed by atoms with Gasteiger partial charge in [0.25, 0.3) is 0 Å². The predicted octanol–water partition coefficient (Wildman–Crippen LogP) is 13.1. The van der Waals surface area contributed by atoms with Crippen LogP contribution in [0.4, 0.5) is 0 Å². The van der Waals surface area contributed by atoms with Crippen molar-refractivity contribution in [1.29, 1.82) is 0 Å². The molecule has 9 aliphatic rings. The van der Waals surface area contributed by atoms with Crippen molar-refractivity contribution in [3.05, 3.63) is 162 Å². The number of hydrogen-bond acceptors (Lipinski definition) is 18. The number of ether oxygens (including phenoxy) is 18. The fourth-order valence-electron chi connectivity index (χ4n) is 7.21. The molecule has 0 aliphatic carbocycles. The predicted molar refractivity (Wildman–Crippen MR) is 358 cm³/mol. The van der Waals surface area contributed by atoms with E-state index in [-0.39, 0.29) is 0 Å². The Morgan fingerprint density at radius 1 is 0.269 bits per heavy atom. The lowest BCUT2D eigenvalue weighted by Crippen LogP contribution is -2.05. The Morgan fingerprint density at radius 2 is 0.398 bits per heavy atom. The molecule has 0 saturated carbocycles. The Morgan fingerprint density at radius 3 is 0.527 bits per heavy atom. The summed E-state index contributed by atoms with van der Waals surface area (Å²) < 4.78 is 95.2. The van der Waals surface area contributed by atoms with Crippen LogP contribution < -0.4 is 42.6 Å². The van der Waals surface area contributed by atoms with E-state index in [1.54, 1.807) is 0 Å². The summed E-state index contributed by atoms with van der Waals surface area (Å²) in [4.78, 5) is 0. The monoisotopic (exact) mass is 1290 g/mol. The number of hydrogen-bond donors (Lipinski definition) is 0. The molecule has 6 aromatic rings. The first-order chi connectivity index (χ1) is 45.4. The summed E-state index contributed by atoms with van der Waals surface area (Å²) in [6.07, 6.45) is 4.03. The Hall–Kier alpha value is -6.84. The summed E-state index contributed by atoms with van der Waals surface area (Å²) in [7, 11) is 0. The van der Waals surface area contributed by atoms with Crippen LogP contribution in [0.2, 0.25) is 0 Å². The second kappa shape index (κ2) is 41.8. The first kappa shape index (κ1) is 73.6. The van der Waals surface area contributed by atoms with Gasteiger partial charge < -0.3 is 85.3 Å². The van der Waals surface area contributed by atoms with Gasteiger partial charge >= 0.3 is 0 Å². The largest absolute Gasteiger partial charge is 0.491 e. The Labute approximate surface area is 552 Å². The molecule has 9 aliphatic heterocycles. The summed E-state index contributed by atoms with van der Waals surface area (Å²) in [6, 6.07) is 47.0. The molecule has 0 radical (unpaired) electrons. The molecule has 6 aromatic carbocycles. The molecule has 93 heavy (non-hydrogen) atoms. The van der Waals surface area contributed by atoms with Crippen molar-refractivity contribution in [3.8, 4) is 51.7 Å². The van der Waals surface area contributed by atoms with Crippen molar-refractivity contribution >= 4 is 0 Å². The van der Waals surface area contributed by atoms with Gasteiger partial charge in [-0.25, -0.2) is 0 Å². The summed E-state index contributed by atoms with van der Waals surface area (Å²) in [5.41, 5.74) is 3.54. The summed E-state index contributed by atoms with van der Waals surface area (Å²) in [6.45, 7) is 34.2. The van der Waals surface area contributed by atoms with Gasteiger partial charge in [0.05, 0.1) is 59.5 Å². The van der Waals surface area contributed by atoms with Gasteiger partial charge in [-0.05, 0) is 134 Å². The zero-order chi connectivity index (χ0) is 65.8. The highest BCUT2D eigenvalue weighted by Crippen LogP contribution is 2.26. The maximum atomic E-state index is 5.54. The highest BCUT2D eigenvalue weighted by atomic mass is 16.6. The Bertz CT molecular complexity index is 2480. The molecule has 510 valence electrons. The third-order valence-corrected chi connectivity index (χ3v) is 13.3. The number of para-hydroxylation sites is 3. The summed E-state index contributed by atoms with van der Waals surface area (Å²) in [5.74, 6) is 8.84. The topological polar surface area (TPSA) is 196 Å². The van der Waals surface area contributed by atoms with Gasteiger partial charge in [-0.3, -0.25) is 0 Å². The molecule has 18 nitrogen and oxygen atoms in total. The minimum atomic E-state index is 0.294. The van der Waals surface area contributed by atoms with Crippen molar-refractivity contribution in [2.24, 2.45) is 5.92 Å². The molecule has 15 rings (SSSR count). The molecule has 9 fully saturated rings. The fourth-order valence-corrected chi connectivity index (χ4v) is 7.21. The normalized spacial score (nSPS) is 22.2. The lowest BCUT2D eigenvalue weighted by Gasteiger charge is -2.06. The second-order valence-electron chi connectivity index (χ2n) is 23.5. The quantitative estimate of drug-likeness (QED) is 0.0441. The van der Waals surface area contributed by atoms with Crippen LogP contribution in [0.5, 0.6) is 51.7 Å². The van der Waals surface area contributed by atoms with Crippen molar-refractivity contribution in [2.45, 2.75) is 131 Å². The van der Waals surface area contributed by atoms with Gasteiger partial charge in [-0.2, -0.15) is 0 Å². The van der Waals surface area contributed by atoms with Gasteiger partial charge in [0.1, 0.15) is 166 Å². The van der Waals surface area contributed by atoms with E-state index < -0.39 is 0 Å². The van der Waals surface area contributed by atoms with Crippen molar-refractivity contribution in [2.75, 3.05) is 119 Å². The average molecular weight is 1290 g/mol. The van der Waals surface area contributed by atoms with Crippen molar-refractivity contribution in [1.82, 2.24) is 0 Å². The van der Waals surface area contributed by atoms with Crippen molar-refractivity contribution < 1.29 is 85.3 Å². The standard InChI is InChI=1S/3C12H14O4.3C10H12O2.C4H10.C3H8.C2H6/c3*1-2-10(14-6-12-8-16-12)4-3-9(1)13-5-11-7-15-11;3*1-8-4-2-3-5-10(8)12-7-9-6-11-9;1-4(2)3;1-3-2;1-2/h3*1-4,11-12H,5-8H2;3*2-5,9H,6-7H2,1H3;4H,1-3H3;3H2,1-2H3;1-2H3. The third kappa shape index (κ3) is 35.9. The van der Waals surface area contributed by atoms with Crippen LogP contribution in [0.3, 0.4) is 0 Å². The van der Waals surface area contributed by atoms with Gasteiger partial charge in [-0.1, -0.05) is 109 Å². The number of benzene rings is 6. The van der Waals surface area contributed by atoms with Crippen LogP contribution in [-0.4, -0.2) is 174 Å². The minimum absolute atomic E-state index is 0.294. The van der Waals surface area contributed by atoms with E-state index in [9.17, 15) is 0 Å². The molecular weight excluding hydrogens is 1190 g/mol. The van der Waals surface area contributed by atoms with Crippen LogP contribution in [0.15, 0.2) is 146 Å². The zero-order valence-electron chi connectivity index (χ0n) is 56.4. The van der Waals surface area contributed by atoms with Crippen LogP contribution in [-0.2, 0) is 42.6 Å². The SMILES string of the molecule is CC.CC(C)C.CCC.Cc1ccccc1OCC1CO1.Cc1ccccc1OCC1CO1.Cc1ccccc1OCC1CO1.c1cc(OCC2CO2)ccc1OCC1CO1.c1cc(OCC2CO2)ccc1OCC1CO1.c1cc(OCC2CO2)ccc1OCC1CO1. The van der Waals surface area contributed by atoms with Crippen molar-refractivity contribution in [3.63, 3.8) is 0 Å². The number of epoxide rings is 9. The van der Waals surface area contributed by atoms with E-state index in [0.717, 1.165) is 117 Å². The highest BCUT2D eigenvalue weighted by molar-refractivity contribution is 5.35. The van der Waals surface area contributed by atoms with Crippen LogP contribution >= 0.6 is 0 Å².